The zero-order valence-electron chi connectivity index (χ0n) is 20.9. The normalized spacial score (nSPS) is 16.9. The molecule has 1 aromatic rings. The smallest absolute Gasteiger partial charge is 0.404 e. The van der Waals surface area contributed by atoms with Crippen LogP contribution in [0.25, 0.3) is 0 Å². The molecule has 2 heterocycles. The fourth-order valence-corrected chi connectivity index (χ4v) is 3.91. The van der Waals surface area contributed by atoms with Crippen LogP contribution in [0.2, 0.25) is 0 Å². The molecule has 5 amide bonds. The van der Waals surface area contributed by atoms with Crippen molar-refractivity contribution in [2.24, 2.45) is 0 Å². The standard InChI is InChI=1S/C24H32N4O10/c29-19-5-4-18(21(30)27-19)28-22(31)16-2-1-3-17(20(16)23(28)32)25-6-8-35-10-12-37-14-15-38-13-11-36-9-7-26-24(33)34/h1-3,18,25-26H,4-15H2,(H,33,34)(H,27,29,30). The third kappa shape index (κ3) is 8.21. The number of carbonyl (C=O) groups is 5. The van der Waals surface area contributed by atoms with Gasteiger partial charge in [-0.25, -0.2) is 4.79 Å². The number of rotatable bonds is 17. The van der Waals surface area contributed by atoms with Crippen LogP contribution >= 0.6 is 0 Å². The lowest BCUT2D eigenvalue weighted by molar-refractivity contribution is -0.136. The first-order chi connectivity index (χ1) is 18.4. The number of piperidine rings is 1. The van der Waals surface area contributed by atoms with Gasteiger partial charge >= 0.3 is 6.09 Å². The number of fused-ring (bicyclic) bond motifs is 1. The topological polar surface area (TPSA) is 182 Å². The number of nitrogens with one attached hydrogen (secondary N) is 3. The van der Waals surface area contributed by atoms with Crippen LogP contribution in [-0.4, -0.2) is 112 Å². The first-order valence-electron chi connectivity index (χ1n) is 12.3. The molecule has 38 heavy (non-hydrogen) atoms. The van der Waals surface area contributed by atoms with E-state index < -0.39 is 35.8 Å². The van der Waals surface area contributed by atoms with E-state index in [-0.39, 0.29) is 37.1 Å². The van der Waals surface area contributed by atoms with Gasteiger partial charge in [0, 0.05) is 25.2 Å². The van der Waals surface area contributed by atoms with Crippen molar-refractivity contribution in [1.82, 2.24) is 15.5 Å². The molecule has 2 aliphatic rings. The highest BCUT2D eigenvalue weighted by molar-refractivity contribution is 6.25. The first-order valence-corrected chi connectivity index (χ1v) is 12.3. The molecule has 1 unspecified atom stereocenters. The van der Waals surface area contributed by atoms with E-state index in [1.807, 2.05) is 0 Å². The fraction of sp³-hybridized carbons (Fsp3) is 0.542. The van der Waals surface area contributed by atoms with Crippen LogP contribution in [0.15, 0.2) is 18.2 Å². The molecule has 3 rings (SSSR count). The molecule has 1 atom stereocenters. The van der Waals surface area contributed by atoms with Crippen molar-refractivity contribution >= 4 is 35.4 Å². The van der Waals surface area contributed by atoms with Crippen LogP contribution in [0.5, 0.6) is 0 Å². The predicted octanol–water partition coefficient (Wildman–Crippen LogP) is -0.166. The number of carboxylic acid groups (broad SMARTS) is 1. The third-order valence-electron chi connectivity index (χ3n) is 5.67. The van der Waals surface area contributed by atoms with Gasteiger partial charge in [-0.05, 0) is 18.6 Å². The Labute approximate surface area is 218 Å². The Morgan fingerprint density at radius 3 is 2.11 bits per heavy atom. The molecule has 0 bridgehead atoms. The maximum Gasteiger partial charge on any atom is 0.404 e. The summed E-state index contributed by atoms with van der Waals surface area (Å²) in [7, 11) is 0. The van der Waals surface area contributed by atoms with Gasteiger partial charge in [-0.3, -0.25) is 29.4 Å². The van der Waals surface area contributed by atoms with Crippen molar-refractivity contribution < 1.29 is 48.0 Å². The molecular formula is C24H32N4O10. The van der Waals surface area contributed by atoms with Crippen LogP contribution in [-0.2, 0) is 28.5 Å². The summed E-state index contributed by atoms with van der Waals surface area (Å²) in [6.45, 7) is 3.45. The second-order valence-electron chi connectivity index (χ2n) is 8.28. The molecule has 208 valence electrons. The van der Waals surface area contributed by atoms with E-state index in [1.165, 1.54) is 6.07 Å². The molecule has 0 aliphatic carbocycles. The van der Waals surface area contributed by atoms with Crippen molar-refractivity contribution in [2.75, 3.05) is 71.3 Å². The molecule has 2 aliphatic heterocycles. The molecule has 0 aromatic heterocycles. The van der Waals surface area contributed by atoms with Gasteiger partial charge in [0.1, 0.15) is 6.04 Å². The number of amides is 5. The van der Waals surface area contributed by atoms with Crippen LogP contribution in [0.1, 0.15) is 33.6 Å². The van der Waals surface area contributed by atoms with Crippen LogP contribution in [0, 0.1) is 0 Å². The average molecular weight is 537 g/mol. The van der Waals surface area contributed by atoms with Crippen molar-refractivity contribution in [2.45, 2.75) is 18.9 Å². The first kappa shape index (κ1) is 29.0. The minimum atomic E-state index is -1.09. The van der Waals surface area contributed by atoms with Crippen molar-refractivity contribution in [3.63, 3.8) is 0 Å². The Morgan fingerprint density at radius 1 is 0.895 bits per heavy atom. The molecular weight excluding hydrogens is 504 g/mol. The van der Waals surface area contributed by atoms with Crippen molar-refractivity contribution in [1.29, 1.82) is 0 Å². The Morgan fingerprint density at radius 2 is 1.50 bits per heavy atom. The second-order valence-corrected chi connectivity index (χ2v) is 8.28. The average Bonchev–Trinajstić information content (AvgIpc) is 3.14. The van der Waals surface area contributed by atoms with E-state index in [1.54, 1.807) is 12.1 Å². The summed E-state index contributed by atoms with van der Waals surface area (Å²) < 4.78 is 21.5. The molecule has 0 radical (unpaired) electrons. The highest BCUT2D eigenvalue weighted by atomic mass is 16.6. The predicted molar refractivity (Wildman–Crippen MR) is 131 cm³/mol. The molecule has 0 saturated carbocycles. The van der Waals surface area contributed by atoms with Gasteiger partial charge in [0.15, 0.2) is 0 Å². The summed E-state index contributed by atoms with van der Waals surface area (Å²) in [5, 5.41) is 15.9. The van der Waals surface area contributed by atoms with Gasteiger partial charge in [0.2, 0.25) is 11.8 Å². The SMILES string of the molecule is O=C(O)NCCOCCOCCOCCOCCNc1cccc2c1C(=O)N(C1CCC(=O)NC1=O)C2=O. The van der Waals surface area contributed by atoms with Crippen LogP contribution < -0.4 is 16.0 Å². The van der Waals surface area contributed by atoms with E-state index in [2.05, 4.69) is 16.0 Å². The van der Waals surface area contributed by atoms with Gasteiger partial charge in [0.05, 0.1) is 64.0 Å². The Kier molecular flexibility index (Phi) is 11.4. The summed E-state index contributed by atoms with van der Waals surface area (Å²) in [6.07, 6.45) is -0.923. The number of imide groups is 2. The maximum absolute atomic E-state index is 13.1. The number of hydrogen-bond acceptors (Lipinski definition) is 10. The van der Waals surface area contributed by atoms with Gasteiger partial charge < -0.3 is 34.7 Å². The van der Waals surface area contributed by atoms with Crippen LogP contribution in [0.4, 0.5) is 10.5 Å². The summed E-state index contributed by atoms with van der Waals surface area (Å²) in [4.78, 5) is 60.7. The Bertz CT molecular complexity index is 1020. The highest BCUT2D eigenvalue weighted by Crippen LogP contribution is 2.32. The Hall–Kier alpha value is -3.59. The van der Waals surface area contributed by atoms with Gasteiger partial charge in [-0.2, -0.15) is 0 Å². The lowest BCUT2D eigenvalue weighted by Crippen LogP contribution is -2.54. The van der Waals surface area contributed by atoms with Crippen molar-refractivity contribution in [3.8, 4) is 0 Å². The summed E-state index contributed by atoms with van der Waals surface area (Å²) in [6, 6.07) is 3.86. The number of carbonyl (C=O) groups excluding carboxylic acids is 4. The molecule has 1 fully saturated rings. The lowest BCUT2D eigenvalue weighted by atomic mass is 10.0. The summed E-state index contributed by atoms with van der Waals surface area (Å²) >= 11 is 0. The van der Waals surface area contributed by atoms with E-state index in [0.717, 1.165) is 4.90 Å². The minimum absolute atomic E-state index is 0.0631. The number of ether oxygens (including phenoxy) is 4. The Balaban J connectivity index is 1.27. The second kappa shape index (κ2) is 15.0. The third-order valence-corrected chi connectivity index (χ3v) is 5.67. The number of anilines is 1. The molecule has 1 saturated heterocycles. The van der Waals surface area contributed by atoms with E-state index in [4.69, 9.17) is 24.1 Å². The van der Waals surface area contributed by atoms with Gasteiger partial charge in [0.25, 0.3) is 11.8 Å². The zero-order valence-corrected chi connectivity index (χ0v) is 20.9. The molecule has 4 N–H and O–H groups in total. The maximum atomic E-state index is 13.1. The van der Waals surface area contributed by atoms with E-state index in [9.17, 15) is 24.0 Å². The quantitative estimate of drug-likeness (QED) is 0.153. The molecule has 14 nitrogen and oxygen atoms in total. The fourth-order valence-electron chi connectivity index (χ4n) is 3.91. The lowest BCUT2D eigenvalue weighted by Gasteiger charge is -2.27. The van der Waals surface area contributed by atoms with E-state index >= 15 is 0 Å². The summed E-state index contributed by atoms with van der Waals surface area (Å²) in [5.41, 5.74) is 0.880. The molecule has 0 spiro atoms. The van der Waals surface area contributed by atoms with Gasteiger partial charge in [-0.15, -0.1) is 0 Å². The number of hydrogen-bond donors (Lipinski definition) is 4. The summed E-state index contributed by atoms with van der Waals surface area (Å²) in [5.74, 6) is -2.19. The monoisotopic (exact) mass is 536 g/mol. The minimum Gasteiger partial charge on any atom is -0.465 e. The van der Waals surface area contributed by atoms with Crippen LogP contribution in [0.3, 0.4) is 0 Å². The highest BCUT2D eigenvalue weighted by Gasteiger charge is 2.45. The number of nitrogens with zero attached hydrogens (tertiary/aromatic N) is 1. The molecule has 14 heteroatoms. The largest absolute Gasteiger partial charge is 0.465 e. The van der Waals surface area contributed by atoms with E-state index in [0.29, 0.717) is 58.5 Å². The van der Waals surface area contributed by atoms with Crippen molar-refractivity contribution in [3.05, 3.63) is 29.3 Å². The number of benzene rings is 1. The van der Waals surface area contributed by atoms with Gasteiger partial charge in [-0.1, -0.05) is 6.07 Å². The zero-order chi connectivity index (χ0) is 27.3. The molecule has 1 aromatic carbocycles.